The van der Waals surface area contributed by atoms with Crippen LogP contribution >= 0.6 is 11.3 Å². The van der Waals surface area contributed by atoms with E-state index >= 15 is 0 Å². The number of thiazole rings is 1. The fraction of sp³-hybridized carbons (Fsp3) is 0.421. The van der Waals surface area contributed by atoms with Crippen molar-refractivity contribution in [2.24, 2.45) is 0 Å². The lowest BCUT2D eigenvalue weighted by Gasteiger charge is -2.34. The first-order chi connectivity index (χ1) is 12.5. The van der Waals surface area contributed by atoms with Gasteiger partial charge in [0, 0.05) is 31.9 Å². The molecule has 0 saturated carbocycles. The average molecular weight is 369 g/mol. The van der Waals surface area contributed by atoms with E-state index in [1.165, 1.54) is 10.3 Å². The third-order valence-electron chi connectivity index (χ3n) is 4.90. The number of carbonyl (C=O) groups is 1. The van der Waals surface area contributed by atoms with Crippen molar-refractivity contribution in [2.45, 2.75) is 27.3 Å². The van der Waals surface area contributed by atoms with Crippen LogP contribution < -0.4 is 4.90 Å². The number of benzene rings is 1. The molecule has 0 atom stereocenters. The van der Waals surface area contributed by atoms with E-state index in [1.807, 2.05) is 24.8 Å². The maximum Gasteiger partial charge on any atom is 0.244 e. The number of aryl methyl sites for hydroxylation is 3. The van der Waals surface area contributed by atoms with Crippen molar-refractivity contribution in [1.29, 1.82) is 0 Å². The molecule has 7 heteroatoms. The van der Waals surface area contributed by atoms with Crippen molar-refractivity contribution in [2.75, 3.05) is 31.1 Å². The second-order valence-corrected chi connectivity index (χ2v) is 7.88. The second kappa shape index (κ2) is 6.72. The molecule has 1 amide bonds. The minimum absolute atomic E-state index is 0.135. The molecule has 0 spiro atoms. The molecule has 2 aromatic heterocycles. The van der Waals surface area contributed by atoms with Gasteiger partial charge in [-0.1, -0.05) is 23.5 Å². The van der Waals surface area contributed by atoms with Gasteiger partial charge in [-0.25, -0.2) is 4.98 Å². The summed E-state index contributed by atoms with van der Waals surface area (Å²) in [5.74, 6) is 0.135. The highest BCUT2D eigenvalue weighted by Crippen LogP contribution is 2.31. The lowest BCUT2D eigenvalue weighted by atomic mass is 10.2. The molecule has 0 aliphatic carbocycles. The molecular weight excluding hydrogens is 346 g/mol. The summed E-state index contributed by atoms with van der Waals surface area (Å²) in [5, 5.41) is 5.45. The number of piperazine rings is 1. The van der Waals surface area contributed by atoms with E-state index in [2.05, 4.69) is 35.1 Å². The number of carbonyl (C=O) groups excluding carboxylic acids is 1. The zero-order valence-corrected chi connectivity index (χ0v) is 16.2. The summed E-state index contributed by atoms with van der Waals surface area (Å²) in [7, 11) is 0. The summed E-state index contributed by atoms with van der Waals surface area (Å²) in [6, 6.07) is 8.30. The van der Waals surface area contributed by atoms with E-state index in [-0.39, 0.29) is 5.91 Å². The highest BCUT2D eigenvalue weighted by Gasteiger charge is 2.23. The SMILES string of the molecule is Cc1cc(C)n(CC(=O)N2CCN(c3nc4c(C)cccc4s3)CC2)n1. The summed E-state index contributed by atoms with van der Waals surface area (Å²) in [5.41, 5.74) is 4.28. The van der Waals surface area contributed by atoms with Crippen LogP contribution in [0.25, 0.3) is 10.2 Å². The highest BCUT2D eigenvalue weighted by molar-refractivity contribution is 7.22. The van der Waals surface area contributed by atoms with E-state index < -0.39 is 0 Å². The highest BCUT2D eigenvalue weighted by atomic mass is 32.1. The Bertz CT molecular complexity index is 952. The first kappa shape index (κ1) is 17.0. The van der Waals surface area contributed by atoms with Crippen LogP contribution in [0.2, 0.25) is 0 Å². The Hall–Kier alpha value is -2.41. The normalized spacial score (nSPS) is 15.0. The number of anilines is 1. The van der Waals surface area contributed by atoms with Crippen LogP contribution in [0.3, 0.4) is 0 Å². The van der Waals surface area contributed by atoms with Crippen molar-refractivity contribution in [3.8, 4) is 0 Å². The van der Waals surface area contributed by atoms with Crippen LogP contribution in [0.1, 0.15) is 17.0 Å². The summed E-state index contributed by atoms with van der Waals surface area (Å²) in [6.45, 7) is 9.46. The molecular formula is C19H23N5OS. The van der Waals surface area contributed by atoms with Crippen LogP contribution in [0.15, 0.2) is 24.3 Å². The third-order valence-corrected chi connectivity index (χ3v) is 5.98. The van der Waals surface area contributed by atoms with Crippen LogP contribution in [-0.4, -0.2) is 51.8 Å². The number of rotatable bonds is 3. The zero-order chi connectivity index (χ0) is 18.3. The van der Waals surface area contributed by atoms with Crippen LogP contribution in [0.5, 0.6) is 0 Å². The number of para-hydroxylation sites is 1. The molecule has 0 unspecified atom stereocenters. The summed E-state index contributed by atoms with van der Waals surface area (Å²) < 4.78 is 3.02. The van der Waals surface area contributed by atoms with Gasteiger partial charge in [-0.05, 0) is 38.5 Å². The van der Waals surface area contributed by atoms with E-state index in [0.29, 0.717) is 6.54 Å². The molecule has 1 aromatic carbocycles. The quantitative estimate of drug-likeness (QED) is 0.712. The Morgan fingerprint density at radius 3 is 2.58 bits per heavy atom. The van der Waals surface area contributed by atoms with Crippen LogP contribution in [-0.2, 0) is 11.3 Å². The molecule has 4 rings (SSSR count). The van der Waals surface area contributed by atoms with Crippen molar-refractivity contribution in [3.63, 3.8) is 0 Å². The standard InChI is InChI=1S/C19H23N5OS/c1-13-5-4-6-16-18(13)20-19(26-16)23-9-7-22(8-10-23)17(25)12-24-15(3)11-14(2)21-24/h4-6,11H,7-10,12H2,1-3H3. The molecule has 1 aliphatic rings. The fourth-order valence-electron chi connectivity index (χ4n) is 3.42. The maximum atomic E-state index is 12.6. The molecule has 3 aromatic rings. The van der Waals surface area contributed by atoms with E-state index in [0.717, 1.165) is 48.2 Å². The molecule has 1 fully saturated rings. The minimum Gasteiger partial charge on any atom is -0.345 e. The van der Waals surface area contributed by atoms with Crippen LogP contribution in [0.4, 0.5) is 5.13 Å². The fourth-order valence-corrected chi connectivity index (χ4v) is 4.52. The number of aromatic nitrogens is 3. The minimum atomic E-state index is 0.135. The topological polar surface area (TPSA) is 54.3 Å². The Balaban J connectivity index is 1.41. The number of hydrogen-bond acceptors (Lipinski definition) is 5. The largest absolute Gasteiger partial charge is 0.345 e. The van der Waals surface area contributed by atoms with E-state index in [1.54, 1.807) is 16.0 Å². The van der Waals surface area contributed by atoms with Gasteiger partial charge in [0.05, 0.1) is 15.9 Å². The van der Waals surface area contributed by atoms with Crippen molar-refractivity contribution in [3.05, 3.63) is 41.2 Å². The average Bonchev–Trinajstić information content (AvgIpc) is 3.19. The summed E-state index contributed by atoms with van der Waals surface area (Å²) in [6.07, 6.45) is 0. The number of fused-ring (bicyclic) bond motifs is 1. The Kier molecular flexibility index (Phi) is 4.40. The molecule has 0 N–H and O–H groups in total. The smallest absolute Gasteiger partial charge is 0.244 e. The Labute approximate surface area is 157 Å². The molecule has 1 saturated heterocycles. The van der Waals surface area contributed by atoms with Gasteiger partial charge >= 0.3 is 0 Å². The monoisotopic (exact) mass is 369 g/mol. The van der Waals surface area contributed by atoms with Gasteiger partial charge < -0.3 is 9.80 Å². The van der Waals surface area contributed by atoms with E-state index in [9.17, 15) is 4.79 Å². The van der Waals surface area contributed by atoms with Crippen LogP contribution in [0, 0.1) is 20.8 Å². The van der Waals surface area contributed by atoms with Gasteiger partial charge in [-0.15, -0.1) is 0 Å². The van der Waals surface area contributed by atoms with Crippen molar-refractivity contribution >= 4 is 32.6 Å². The van der Waals surface area contributed by atoms with E-state index in [4.69, 9.17) is 4.98 Å². The molecule has 0 bridgehead atoms. The molecule has 3 heterocycles. The molecule has 1 aliphatic heterocycles. The lowest BCUT2D eigenvalue weighted by molar-refractivity contribution is -0.132. The van der Waals surface area contributed by atoms with Gasteiger partial charge in [0.2, 0.25) is 5.91 Å². The molecule has 6 nitrogen and oxygen atoms in total. The first-order valence-electron chi connectivity index (χ1n) is 8.91. The predicted octanol–water partition coefficient (Wildman–Crippen LogP) is 2.77. The molecule has 136 valence electrons. The summed E-state index contributed by atoms with van der Waals surface area (Å²) >= 11 is 1.73. The van der Waals surface area contributed by atoms with Gasteiger partial charge in [-0.3, -0.25) is 9.48 Å². The molecule has 26 heavy (non-hydrogen) atoms. The summed E-state index contributed by atoms with van der Waals surface area (Å²) in [4.78, 5) is 21.6. The predicted molar refractivity (Wildman–Crippen MR) is 105 cm³/mol. The number of amides is 1. The number of hydrogen-bond donors (Lipinski definition) is 0. The lowest BCUT2D eigenvalue weighted by Crippen LogP contribution is -2.49. The Morgan fingerprint density at radius 1 is 1.15 bits per heavy atom. The molecule has 0 radical (unpaired) electrons. The first-order valence-corrected chi connectivity index (χ1v) is 9.73. The van der Waals surface area contributed by atoms with Gasteiger partial charge in [0.25, 0.3) is 0 Å². The van der Waals surface area contributed by atoms with Crippen molar-refractivity contribution in [1.82, 2.24) is 19.7 Å². The third kappa shape index (κ3) is 3.19. The maximum absolute atomic E-state index is 12.6. The number of nitrogens with zero attached hydrogens (tertiary/aromatic N) is 5. The Morgan fingerprint density at radius 2 is 1.92 bits per heavy atom. The second-order valence-electron chi connectivity index (χ2n) is 6.87. The zero-order valence-electron chi connectivity index (χ0n) is 15.4. The van der Waals surface area contributed by atoms with Gasteiger partial charge in [0.15, 0.2) is 5.13 Å². The van der Waals surface area contributed by atoms with Gasteiger partial charge in [0.1, 0.15) is 6.54 Å². The van der Waals surface area contributed by atoms with Gasteiger partial charge in [-0.2, -0.15) is 5.10 Å². The van der Waals surface area contributed by atoms with Crippen molar-refractivity contribution < 1.29 is 4.79 Å².